The molecular weight excluding hydrogens is 396 g/mol. The van der Waals surface area contributed by atoms with Crippen LogP contribution in [0, 0.1) is 13.8 Å². The lowest BCUT2D eigenvalue weighted by molar-refractivity contribution is 0.313. The molecule has 0 amide bonds. The topological polar surface area (TPSA) is 55.3 Å². The van der Waals surface area contributed by atoms with Gasteiger partial charge < -0.3 is 20.4 Å². The Hall–Kier alpha value is -3.38. The van der Waals surface area contributed by atoms with Crippen LogP contribution in [0.5, 0.6) is 0 Å². The summed E-state index contributed by atoms with van der Waals surface area (Å²) in [6, 6.07) is 14.9. The summed E-state index contributed by atoms with van der Waals surface area (Å²) < 4.78 is 0. The monoisotopic (exact) mass is 428 g/mol. The fourth-order valence-corrected chi connectivity index (χ4v) is 4.25. The van der Waals surface area contributed by atoms with Crippen LogP contribution in [0.15, 0.2) is 70.4 Å². The number of hydrogen-bond acceptors (Lipinski definition) is 6. The predicted molar refractivity (Wildman–Crippen MR) is 137 cm³/mol. The highest BCUT2D eigenvalue weighted by Gasteiger charge is 2.20. The fraction of sp³-hybridized carbons (Fsp3) is 0.308. The van der Waals surface area contributed by atoms with Crippen LogP contribution < -0.4 is 15.5 Å². The van der Waals surface area contributed by atoms with Crippen molar-refractivity contribution in [2.75, 3.05) is 50.1 Å². The van der Waals surface area contributed by atoms with Gasteiger partial charge in [-0.15, -0.1) is 0 Å². The molecule has 1 saturated heterocycles. The van der Waals surface area contributed by atoms with E-state index in [9.17, 15) is 0 Å². The average molecular weight is 429 g/mol. The largest absolute Gasteiger partial charge is 0.369 e. The SMILES string of the molecule is C=N/C=C1/NC(c2c(C)cccc2C)=C/C1=N/CNc1cccc(N2CCN(C)CC2)c1. The van der Waals surface area contributed by atoms with Crippen molar-refractivity contribution in [3.8, 4) is 0 Å². The van der Waals surface area contributed by atoms with Crippen molar-refractivity contribution < 1.29 is 0 Å². The molecule has 6 nitrogen and oxygen atoms in total. The first-order valence-corrected chi connectivity index (χ1v) is 11.1. The number of hydrogen-bond donors (Lipinski definition) is 2. The highest BCUT2D eigenvalue weighted by molar-refractivity contribution is 6.16. The Morgan fingerprint density at radius 3 is 2.50 bits per heavy atom. The molecule has 1 fully saturated rings. The number of rotatable bonds is 6. The minimum Gasteiger partial charge on any atom is -0.369 e. The predicted octanol–water partition coefficient (Wildman–Crippen LogP) is 4.05. The van der Waals surface area contributed by atoms with Gasteiger partial charge in [0, 0.05) is 48.8 Å². The second-order valence-corrected chi connectivity index (χ2v) is 8.39. The van der Waals surface area contributed by atoms with Crippen LogP contribution in [0.4, 0.5) is 11.4 Å². The van der Waals surface area contributed by atoms with Crippen LogP contribution in [0.25, 0.3) is 5.70 Å². The highest BCUT2D eigenvalue weighted by Crippen LogP contribution is 2.26. The van der Waals surface area contributed by atoms with Crippen molar-refractivity contribution >= 4 is 29.5 Å². The van der Waals surface area contributed by atoms with Gasteiger partial charge in [0.15, 0.2) is 0 Å². The van der Waals surface area contributed by atoms with Crippen LogP contribution in [-0.2, 0) is 0 Å². The van der Waals surface area contributed by atoms with Crippen molar-refractivity contribution in [2.24, 2.45) is 9.98 Å². The maximum Gasteiger partial charge on any atom is 0.108 e. The summed E-state index contributed by atoms with van der Waals surface area (Å²) in [5.41, 5.74) is 8.79. The third-order valence-electron chi connectivity index (χ3n) is 6.04. The van der Waals surface area contributed by atoms with Gasteiger partial charge in [-0.2, -0.15) is 0 Å². The minimum absolute atomic E-state index is 0.480. The molecule has 4 rings (SSSR count). The summed E-state index contributed by atoms with van der Waals surface area (Å²) in [6.45, 7) is 12.7. The summed E-state index contributed by atoms with van der Waals surface area (Å²) in [5, 5.41) is 6.91. The number of aryl methyl sites for hydroxylation is 2. The van der Waals surface area contributed by atoms with Gasteiger partial charge >= 0.3 is 0 Å². The quantitative estimate of drug-likeness (QED) is 0.682. The summed E-state index contributed by atoms with van der Waals surface area (Å²) in [4.78, 5) is 13.6. The Labute approximate surface area is 191 Å². The van der Waals surface area contributed by atoms with Crippen molar-refractivity contribution in [1.29, 1.82) is 0 Å². The second-order valence-electron chi connectivity index (χ2n) is 8.39. The van der Waals surface area contributed by atoms with Gasteiger partial charge in [-0.05, 0) is 63.0 Å². The molecule has 2 aliphatic heterocycles. The fourth-order valence-electron chi connectivity index (χ4n) is 4.25. The van der Waals surface area contributed by atoms with Gasteiger partial charge in [0.2, 0.25) is 0 Å². The van der Waals surface area contributed by atoms with Gasteiger partial charge in [-0.25, -0.2) is 0 Å². The number of likely N-dealkylation sites (N-methyl/N-ethyl adjacent to an activating group) is 1. The number of aliphatic imine (C=N–C) groups is 2. The van der Waals surface area contributed by atoms with E-state index < -0.39 is 0 Å². The van der Waals surface area contributed by atoms with E-state index in [4.69, 9.17) is 4.99 Å². The van der Waals surface area contributed by atoms with E-state index in [2.05, 4.69) is 102 Å². The maximum atomic E-state index is 4.80. The zero-order chi connectivity index (χ0) is 22.5. The number of nitrogens with one attached hydrogen (secondary N) is 2. The Morgan fingerprint density at radius 1 is 1.06 bits per heavy atom. The van der Waals surface area contributed by atoms with Crippen LogP contribution in [0.1, 0.15) is 16.7 Å². The molecule has 0 aromatic heterocycles. The molecule has 0 aliphatic carbocycles. The number of piperazine rings is 1. The first-order valence-electron chi connectivity index (χ1n) is 11.1. The molecule has 32 heavy (non-hydrogen) atoms. The molecule has 0 bridgehead atoms. The van der Waals surface area contributed by atoms with Crippen LogP contribution in [0.3, 0.4) is 0 Å². The molecule has 0 spiro atoms. The zero-order valence-corrected chi connectivity index (χ0v) is 19.2. The van der Waals surface area contributed by atoms with Gasteiger partial charge in [-0.1, -0.05) is 24.3 Å². The molecule has 2 aromatic rings. The first kappa shape index (κ1) is 21.8. The normalized spacial score (nSPS) is 19.2. The Kier molecular flexibility index (Phi) is 6.71. The molecule has 0 saturated carbocycles. The van der Waals surface area contributed by atoms with E-state index in [1.54, 1.807) is 6.20 Å². The molecule has 2 N–H and O–H groups in total. The number of allylic oxidation sites excluding steroid dienone is 1. The standard InChI is InChI=1S/C26H32N6/c1-19-7-5-8-20(2)26(19)24-16-23(25(30-24)17-27-3)29-18-28-21-9-6-10-22(15-21)32-13-11-31(4)12-14-32/h5-10,15-17,28,30H,3,11-14,18H2,1-2,4H3/b25-17+,29-23-. The lowest BCUT2D eigenvalue weighted by atomic mass is 10.0. The van der Waals surface area contributed by atoms with E-state index in [0.717, 1.165) is 49.0 Å². The third kappa shape index (κ3) is 4.92. The lowest BCUT2D eigenvalue weighted by Gasteiger charge is -2.34. The number of nitrogens with zero attached hydrogens (tertiary/aromatic N) is 4. The van der Waals surface area contributed by atoms with E-state index in [-0.39, 0.29) is 0 Å². The van der Waals surface area contributed by atoms with Crippen LogP contribution in [-0.4, -0.2) is 57.2 Å². The molecule has 2 aromatic carbocycles. The van der Waals surface area contributed by atoms with Crippen molar-refractivity contribution in [2.45, 2.75) is 13.8 Å². The smallest absolute Gasteiger partial charge is 0.108 e. The average Bonchev–Trinajstić information content (AvgIpc) is 3.17. The van der Waals surface area contributed by atoms with E-state index in [1.807, 2.05) is 0 Å². The van der Waals surface area contributed by atoms with E-state index >= 15 is 0 Å². The van der Waals surface area contributed by atoms with Crippen molar-refractivity contribution in [3.05, 3.63) is 77.1 Å². The Balaban J connectivity index is 1.48. The van der Waals surface area contributed by atoms with Gasteiger partial charge in [0.05, 0.1) is 17.6 Å². The molecular formula is C26H32N6. The second kappa shape index (κ2) is 9.83. The molecule has 2 heterocycles. The maximum absolute atomic E-state index is 4.80. The van der Waals surface area contributed by atoms with E-state index in [0.29, 0.717) is 6.67 Å². The summed E-state index contributed by atoms with van der Waals surface area (Å²) in [5.74, 6) is 0. The molecule has 0 atom stereocenters. The molecule has 6 heteroatoms. The Bertz CT molecular complexity index is 1050. The number of anilines is 2. The van der Waals surface area contributed by atoms with Gasteiger partial charge in [0.25, 0.3) is 0 Å². The van der Waals surface area contributed by atoms with Gasteiger partial charge in [-0.3, -0.25) is 9.98 Å². The van der Waals surface area contributed by atoms with Gasteiger partial charge in [0.1, 0.15) is 6.67 Å². The summed E-state index contributed by atoms with van der Waals surface area (Å²) in [6.07, 6.45) is 3.82. The zero-order valence-electron chi connectivity index (χ0n) is 19.2. The van der Waals surface area contributed by atoms with Crippen LogP contribution >= 0.6 is 0 Å². The molecule has 2 aliphatic rings. The van der Waals surface area contributed by atoms with Crippen molar-refractivity contribution in [3.63, 3.8) is 0 Å². The molecule has 166 valence electrons. The third-order valence-corrected chi connectivity index (χ3v) is 6.04. The lowest BCUT2D eigenvalue weighted by Crippen LogP contribution is -2.44. The minimum atomic E-state index is 0.480. The Morgan fingerprint density at radius 2 is 1.78 bits per heavy atom. The highest BCUT2D eigenvalue weighted by atomic mass is 15.2. The molecule has 0 unspecified atom stereocenters. The first-order chi connectivity index (χ1) is 15.5. The van der Waals surface area contributed by atoms with Crippen LogP contribution in [0.2, 0.25) is 0 Å². The summed E-state index contributed by atoms with van der Waals surface area (Å²) in [7, 11) is 2.18. The van der Waals surface area contributed by atoms with E-state index in [1.165, 1.54) is 22.4 Å². The van der Waals surface area contributed by atoms with Crippen molar-refractivity contribution in [1.82, 2.24) is 10.2 Å². The molecule has 0 radical (unpaired) electrons. The number of benzene rings is 2. The summed E-state index contributed by atoms with van der Waals surface area (Å²) >= 11 is 0.